The van der Waals surface area contributed by atoms with Crippen molar-refractivity contribution in [2.75, 3.05) is 32.4 Å². The highest BCUT2D eigenvalue weighted by Crippen LogP contribution is 2.25. The molecule has 0 radical (unpaired) electrons. The fourth-order valence-corrected chi connectivity index (χ4v) is 4.24. The molecule has 1 unspecified atom stereocenters. The minimum Gasteiger partial charge on any atom is -0.475 e. The second-order valence-corrected chi connectivity index (χ2v) is 8.68. The van der Waals surface area contributed by atoms with E-state index in [9.17, 15) is 18.0 Å². The molecule has 9 heteroatoms. The minimum absolute atomic E-state index is 0.322. The lowest BCUT2D eigenvalue weighted by molar-refractivity contribution is -0.192. The quantitative estimate of drug-likeness (QED) is 0.707. The summed E-state index contributed by atoms with van der Waals surface area (Å²) < 4.78 is 31.7. The maximum atomic E-state index is 12.6. The van der Waals surface area contributed by atoms with Crippen LogP contribution < -0.4 is 0 Å². The molecule has 0 saturated carbocycles. The molecule has 168 valence electrons. The third-order valence-electron chi connectivity index (χ3n) is 5.40. The Morgan fingerprint density at radius 1 is 1.23 bits per heavy atom. The van der Waals surface area contributed by atoms with Crippen LogP contribution in [0.2, 0.25) is 0 Å². The molecule has 30 heavy (non-hydrogen) atoms. The number of hydrogen-bond donors (Lipinski definition) is 1. The molecule has 1 fully saturated rings. The maximum absolute atomic E-state index is 12.6. The van der Waals surface area contributed by atoms with Gasteiger partial charge in [0.05, 0.1) is 0 Å². The normalized spacial score (nSPS) is 19.5. The number of carboxylic acids is 1. The number of alkyl halides is 3. The number of nitrogens with zero attached hydrogens (tertiary/aromatic N) is 2. The zero-order chi connectivity index (χ0) is 22.3. The summed E-state index contributed by atoms with van der Waals surface area (Å²) in [4.78, 5) is 27.3. The van der Waals surface area contributed by atoms with Crippen molar-refractivity contribution in [3.05, 3.63) is 29.3 Å². The molecule has 0 aromatic heterocycles. The molecule has 1 aromatic carbocycles. The Kier molecular flexibility index (Phi) is 9.03. The summed E-state index contributed by atoms with van der Waals surface area (Å²) in [6, 6.07) is 6.66. The molecule has 1 atom stereocenters. The van der Waals surface area contributed by atoms with Crippen LogP contribution in [-0.4, -0.2) is 65.4 Å². The molecule has 0 spiro atoms. The van der Waals surface area contributed by atoms with Crippen molar-refractivity contribution in [1.29, 1.82) is 0 Å². The van der Waals surface area contributed by atoms with Gasteiger partial charge in [-0.2, -0.15) is 13.2 Å². The zero-order valence-electron chi connectivity index (χ0n) is 17.4. The summed E-state index contributed by atoms with van der Waals surface area (Å²) in [7, 11) is 0. The summed E-state index contributed by atoms with van der Waals surface area (Å²) in [6.45, 7) is 7.24. The average molecular weight is 447 g/mol. The Labute approximate surface area is 179 Å². The van der Waals surface area contributed by atoms with Crippen molar-refractivity contribution in [2.24, 2.45) is 5.92 Å². The van der Waals surface area contributed by atoms with E-state index in [1.54, 1.807) is 11.8 Å². The van der Waals surface area contributed by atoms with Gasteiger partial charge >= 0.3 is 12.1 Å². The predicted octanol–water partition coefficient (Wildman–Crippen LogP) is 4.05. The smallest absolute Gasteiger partial charge is 0.475 e. The predicted molar refractivity (Wildman–Crippen MR) is 110 cm³/mol. The molecule has 1 aromatic rings. The first-order chi connectivity index (χ1) is 14.1. The molecule has 2 heterocycles. The molecule has 2 aliphatic heterocycles. The second kappa shape index (κ2) is 11.0. The van der Waals surface area contributed by atoms with Gasteiger partial charge in [-0.1, -0.05) is 13.0 Å². The number of benzene rings is 1. The van der Waals surface area contributed by atoms with Crippen LogP contribution in [0.3, 0.4) is 0 Å². The molecule has 1 amide bonds. The van der Waals surface area contributed by atoms with Gasteiger partial charge in [0.25, 0.3) is 0 Å². The van der Waals surface area contributed by atoms with Crippen molar-refractivity contribution in [1.82, 2.24) is 9.80 Å². The Morgan fingerprint density at radius 2 is 1.93 bits per heavy atom. The van der Waals surface area contributed by atoms with Crippen molar-refractivity contribution in [3.63, 3.8) is 0 Å². The van der Waals surface area contributed by atoms with Gasteiger partial charge in [-0.05, 0) is 61.2 Å². The Morgan fingerprint density at radius 3 is 2.53 bits per heavy atom. The summed E-state index contributed by atoms with van der Waals surface area (Å²) in [5, 5.41) is 7.12. The van der Waals surface area contributed by atoms with Crippen molar-refractivity contribution in [2.45, 2.75) is 50.2 Å². The lowest BCUT2D eigenvalue weighted by Crippen LogP contribution is -2.40. The first kappa shape index (κ1) is 24.5. The van der Waals surface area contributed by atoms with Gasteiger partial charge in [0.1, 0.15) is 0 Å². The maximum Gasteiger partial charge on any atom is 0.490 e. The molecule has 0 aliphatic carbocycles. The first-order valence-electron chi connectivity index (χ1n) is 10.1. The number of piperidine rings is 1. The fourth-order valence-electron chi connectivity index (χ4n) is 3.77. The van der Waals surface area contributed by atoms with E-state index in [2.05, 4.69) is 41.2 Å². The van der Waals surface area contributed by atoms with Gasteiger partial charge in [-0.15, -0.1) is 11.8 Å². The number of amides is 1. The highest BCUT2D eigenvalue weighted by Gasteiger charge is 2.38. The van der Waals surface area contributed by atoms with E-state index in [0.29, 0.717) is 12.3 Å². The monoisotopic (exact) mass is 446 g/mol. The largest absolute Gasteiger partial charge is 0.490 e. The average Bonchev–Trinajstić information content (AvgIpc) is 2.71. The number of carboxylic acid groups (broad SMARTS) is 1. The van der Waals surface area contributed by atoms with E-state index in [1.807, 2.05) is 0 Å². The van der Waals surface area contributed by atoms with E-state index in [4.69, 9.17) is 9.90 Å². The van der Waals surface area contributed by atoms with Crippen LogP contribution in [0.25, 0.3) is 0 Å². The van der Waals surface area contributed by atoms with Gasteiger partial charge in [-0.3, -0.25) is 4.79 Å². The molecule has 5 nitrogen and oxygen atoms in total. The second-order valence-electron chi connectivity index (χ2n) is 7.80. The number of hydrogen-bond acceptors (Lipinski definition) is 4. The van der Waals surface area contributed by atoms with Crippen LogP contribution in [-0.2, 0) is 22.6 Å². The molecule has 1 N–H and O–H groups in total. The molecule has 3 rings (SSSR count). The standard InChI is InChI=1S/C19H28N2OS.C2HF3O2/c1-15-4-3-9-20(13-15)10-8-19(22)21-11-7-16-12-18(23-2)6-5-17(16)14-21;3-2(4,5)1(6)7/h5-6,12,15H,3-4,7-11,13-14H2,1-2H3;(H,6,7). The van der Waals surface area contributed by atoms with Crippen molar-refractivity contribution >= 4 is 23.6 Å². The number of thioether (sulfide) groups is 1. The van der Waals surface area contributed by atoms with Gasteiger partial charge < -0.3 is 14.9 Å². The number of carbonyl (C=O) groups excluding carboxylic acids is 1. The van der Waals surface area contributed by atoms with Crippen molar-refractivity contribution in [3.8, 4) is 0 Å². The van der Waals surface area contributed by atoms with Crippen LogP contribution in [0, 0.1) is 5.92 Å². The fraction of sp³-hybridized carbons (Fsp3) is 0.619. The highest BCUT2D eigenvalue weighted by atomic mass is 32.2. The Balaban J connectivity index is 0.000000396. The summed E-state index contributed by atoms with van der Waals surface area (Å²) in [5.74, 6) is -1.65. The Bertz CT molecular complexity index is 743. The van der Waals surface area contributed by atoms with E-state index >= 15 is 0 Å². The summed E-state index contributed by atoms with van der Waals surface area (Å²) in [6.07, 6.45) is 1.32. The van der Waals surface area contributed by atoms with Gasteiger partial charge in [0.2, 0.25) is 5.91 Å². The Hall–Kier alpha value is -1.74. The lowest BCUT2D eigenvalue weighted by Gasteiger charge is -2.32. The number of halogens is 3. The summed E-state index contributed by atoms with van der Waals surface area (Å²) in [5.41, 5.74) is 2.75. The van der Waals surface area contributed by atoms with Crippen LogP contribution in [0.4, 0.5) is 13.2 Å². The first-order valence-corrected chi connectivity index (χ1v) is 11.3. The zero-order valence-corrected chi connectivity index (χ0v) is 18.2. The van der Waals surface area contributed by atoms with Gasteiger partial charge in [0.15, 0.2) is 0 Å². The van der Waals surface area contributed by atoms with Crippen LogP contribution in [0.1, 0.15) is 37.3 Å². The number of aliphatic carboxylic acids is 1. The van der Waals surface area contributed by atoms with Gasteiger partial charge in [0, 0.05) is 37.5 Å². The molecule has 1 saturated heterocycles. The lowest BCUT2D eigenvalue weighted by atomic mass is 9.99. The molecule has 2 aliphatic rings. The number of likely N-dealkylation sites (tertiary alicyclic amines) is 1. The molecular formula is C21H29F3N2O3S. The van der Waals surface area contributed by atoms with E-state index in [0.717, 1.165) is 45.1 Å². The van der Waals surface area contributed by atoms with Crippen LogP contribution in [0.15, 0.2) is 23.1 Å². The molecular weight excluding hydrogens is 417 g/mol. The van der Waals surface area contributed by atoms with Crippen LogP contribution in [0.5, 0.6) is 0 Å². The number of rotatable bonds is 4. The molecule has 0 bridgehead atoms. The van der Waals surface area contributed by atoms with Crippen molar-refractivity contribution < 1.29 is 27.9 Å². The topological polar surface area (TPSA) is 60.9 Å². The van der Waals surface area contributed by atoms with E-state index < -0.39 is 12.1 Å². The number of carbonyl (C=O) groups is 2. The minimum atomic E-state index is -5.08. The van der Waals surface area contributed by atoms with Crippen LogP contribution >= 0.6 is 11.8 Å². The SMILES string of the molecule is CSc1ccc2c(c1)CCN(C(=O)CCN1CCCC(C)C1)C2.O=C(O)C(F)(F)F. The summed E-state index contributed by atoms with van der Waals surface area (Å²) >= 11 is 1.79. The van der Waals surface area contributed by atoms with E-state index in [-0.39, 0.29) is 0 Å². The third kappa shape index (κ3) is 7.50. The van der Waals surface area contributed by atoms with E-state index in [1.165, 1.54) is 28.9 Å². The third-order valence-corrected chi connectivity index (χ3v) is 6.13. The highest BCUT2D eigenvalue weighted by molar-refractivity contribution is 7.98. The number of fused-ring (bicyclic) bond motifs is 1. The van der Waals surface area contributed by atoms with Gasteiger partial charge in [-0.25, -0.2) is 4.79 Å².